The zero-order valence-electron chi connectivity index (χ0n) is 9.70. The maximum Gasteiger partial charge on any atom is 0.270 e. The van der Waals surface area contributed by atoms with Crippen LogP contribution in [0.15, 0.2) is 47.7 Å². The summed E-state index contributed by atoms with van der Waals surface area (Å²) in [5.41, 5.74) is 0.480. The number of nitrogens with zero attached hydrogens (tertiary/aromatic N) is 1. The van der Waals surface area contributed by atoms with Crippen LogP contribution in [-0.4, -0.2) is 11.0 Å². The van der Waals surface area contributed by atoms with Crippen LogP contribution >= 0.6 is 22.6 Å². The van der Waals surface area contributed by atoms with Crippen molar-refractivity contribution in [3.8, 4) is 6.07 Å². The van der Waals surface area contributed by atoms with Gasteiger partial charge in [0.2, 0.25) is 0 Å². The normalized spacial score (nSPS) is 11.2. The molecule has 1 aromatic carbocycles. The Balaban J connectivity index is 2.95. The molecular weight excluding hydrogens is 343 g/mol. The lowest BCUT2D eigenvalue weighted by atomic mass is 10.1. The lowest BCUT2D eigenvalue weighted by molar-refractivity contribution is -0.112. The number of anilines is 1. The van der Waals surface area contributed by atoms with E-state index in [0.29, 0.717) is 5.69 Å². The highest BCUT2D eigenvalue weighted by atomic mass is 127. The SMILES string of the molecule is C=C(C)C(O)=C(C#N)C(=O)Nc1ccc(I)cc1. The largest absolute Gasteiger partial charge is 0.506 e. The van der Waals surface area contributed by atoms with Crippen molar-refractivity contribution in [1.82, 2.24) is 0 Å². The van der Waals surface area contributed by atoms with E-state index in [2.05, 4.69) is 34.5 Å². The van der Waals surface area contributed by atoms with Crippen LogP contribution in [-0.2, 0) is 4.79 Å². The van der Waals surface area contributed by atoms with Gasteiger partial charge in [0.1, 0.15) is 11.8 Å². The van der Waals surface area contributed by atoms with Gasteiger partial charge >= 0.3 is 0 Å². The fourth-order valence-corrected chi connectivity index (χ4v) is 1.51. The molecule has 0 fully saturated rings. The molecule has 4 nitrogen and oxygen atoms in total. The summed E-state index contributed by atoms with van der Waals surface area (Å²) in [5, 5.41) is 21.0. The molecule has 18 heavy (non-hydrogen) atoms. The second kappa shape index (κ2) is 6.21. The van der Waals surface area contributed by atoms with Crippen LogP contribution in [0.1, 0.15) is 6.92 Å². The van der Waals surface area contributed by atoms with Crippen LogP contribution in [0.5, 0.6) is 0 Å². The van der Waals surface area contributed by atoms with Crippen LogP contribution in [0.25, 0.3) is 0 Å². The van der Waals surface area contributed by atoms with Crippen LogP contribution in [0.3, 0.4) is 0 Å². The second-order valence-electron chi connectivity index (χ2n) is 3.58. The lowest BCUT2D eigenvalue weighted by Gasteiger charge is -2.06. The van der Waals surface area contributed by atoms with Gasteiger partial charge in [0, 0.05) is 9.26 Å². The Morgan fingerprint density at radius 3 is 2.44 bits per heavy atom. The van der Waals surface area contributed by atoms with Gasteiger partial charge in [0.25, 0.3) is 5.91 Å². The molecule has 0 radical (unpaired) electrons. The van der Waals surface area contributed by atoms with E-state index in [9.17, 15) is 9.90 Å². The number of benzene rings is 1. The number of rotatable bonds is 3. The molecule has 0 aliphatic carbocycles. The molecule has 1 amide bonds. The molecule has 0 saturated heterocycles. The fourth-order valence-electron chi connectivity index (χ4n) is 1.15. The number of hydrogen-bond donors (Lipinski definition) is 2. The van der Waals surface area contributed by atoms with Crippen LogP contribution in [0.4, 0.5) is 5.69 Å². The fraction of sp³-hybridized carbons (Fsp3) is 0.0769. The minimum absolute atomic E-state index is 0.268. The zero-order valence-corrected chi connectivity index (χ0v) is 11.9. The quantitative estimate of drug-likeness (QED) is 0.288. The van der Waals surface area contributed by atoms with E-state index in [1.807, 2.05) is 12.1 Å². The molecule has 0 aliphatic heterocycles. The van der Waals surface area contributed by atoms with Crippen molar-refractivity contribution in [3.63, 3.8) is 0 Å². The van der Waals surface area contributed by atoms with Gasteiger partial charge in [0.05, 0.1) is 0 Å². The number of allylic oxidation sites excluding steroid dienone is 1. The Kier molecular flexibility index (Phi) is 4.92. The standard InChI is InChI=1S/C13H11IN2O2/c1-8(2)12(17)11(7-15)13(18)16-10-5-3-9(14)4-6-10/h3-6,17H,1H2,2H3,(H,16,18). The van der Waals surface area contributed by atoms with Gasteiger partial charge in [-0.25, -0.2) is 0 Å². The summed E-state index contributed by atoms with van der Waals surface area (Å²) in [6, 6.07) is 8.75. The van der Waals surface area contributed by atoms with Crippen LogP contribution < -0.4 is 5.32 Å². The number of aliphatic hydroxyl groups excluding tert-OH is 1. The molecule has 0 atom stereocenters. The van der Waals surface area contributed by atoms with E-state index in [1.165, 1.54) is 6.92 Å². The van der Waals surface area contributed by atoms with Gasteiger partial charge in [-0.3, -0.25) is 4.79 Å². The van der Waals surface area contributed by atoms with Gasteiger partial charge in [-0.1, -0.05) is 6.58 Å². The van der Waals surface area contributed by atoms with Crippen LogP contribution in [0.2, 0.25) is 0 Å². The highest BCUT2D eigenvalue weighted by Gasteiger charge is 2.15. The molecule has 92 valence electrons. The molecule has 2 N–H and O–H groups in total. The van der Waals surface area contributed by atoms with Gasteiger partial charge in [0.15, 0.2) is 5.57 Å². The first-order valence-corrected chi connectivity index (χ1v) is 6.09. The number of aliphatic hydroxyl groups is 1. The summed E-state index contributed by atoms with van der Waals surface area (Å²) in [7, 11) is 0. The summed E-state index contributed by atoms with van der Waals surface area (Å²) in [5.74, 6) is -1.04. The van der Waals surface area contributed by atoms with E-state index in [4.69, 9.17) is 5.26 Å². The van der Waals surface area contributed by atoms with Crippen molar-refractivity contribution >= 4 is 34.2 Å². The summed E-state index contributed by atoms with van der Waals surface area (Å²) >= 11 is 2.14. The minimum atomic E-state index is -0.654. The number of nitriles is 1. The Bertz CT molecular complexity index is 553. The van der Waals surface area contributed by atoms with Gasteiger partial charge in [-0.05, 0) is 59.4 Å². The molecule has 0 spiro atoms. The number of carbonyl (C=O) groups excluding carboxylic acids is 1. The van der Waals surface area contributed by atoms with Crippen molar-refractivity contribution in [2.45, 2.75) is 6.92 Å². The van der Waals surface area contributed by atoms with E-state index >= 15 is 0 Å². The van der Waals surface area contributed by atoms with Crippen molar-refractivity contribution in [2.75, 3.05) is 5.32 Å². The topological polar surface area (TPSA) is 73.1 Å². The van der Waals surface area contributed by atoms with Crippen LogP contribution in [0, 0.1) is 14.9 Å². The second-order valence-corrected chi connectivity index (χ2v) is 4.82. The number of nitrogens with one attached hydrogen (secondary N) is 1. The Hall–Kier alpha value is -1.81. The number of amides is 1. The molecular formula is C13H11IN2O2. The van der Waals surface area contributed by atoms with Gasteiger partial charge in [-0.2, -0.15) is 5.26 Å². The van der Waals surface area contributed by atoms with Gasteiger partial charge in [-0.15, -0.1) is 0 Å². The number of halogens is 1. The highest BCUT2D eigenvalue weighted by Crippen LogP contribution is 2.14. The van der Waals surface area contributed by atoms with E-state index in [0.717, 1.165) is 3.57 Å². The third kappa shape index (κ3) is 3.60. The van der Waals surface area contributed by atoms with Crippen molar-refractivity contribution in [3.05, 3.63) is 51.3 Å². The molecule has 1 rings (SSSR count). The molecule has 0 saturated carbocycles. The molecule has 1 aromatic rings. The predicted molar refractivity (Wildman–Crippen MR) is 77.9 cm³/mol. The highest BCUT2D eigenvalue weighted by molar-refractivity contribution is 14.1. The Labute approximate surface area is 119 Å². The first-order valence-electron chi connectivity index (χ1n) is 5.02. The summed E-state index contributed by atoms with van der Waals surface area (Å²) in [6.45, 7) is 5.00. The molecule has 5 heteroatoms. The maximum absolute atomic E-state index is 11.8. The predicted octanol–water partition coefficient (Wildman–Crippen LogP) is 3.14. The molecule has 0 aromatic heterocycles. The first kappa shape index (κ1) is 14.3. The third-order valence-electron chi connectivity index (χ3n) is 2.08. The van der Waals surface area contributed by atoms with E-state index < -0.39 is 5.91 Å². The van der Waals surface area contributed by atoms with Crippen molar-refractivity contribution in [1.29, 1.82) is 5.26 Å². The molecule has 0 heterocycles. The third-order valence-corrected chi connectivity index (χ3v) is 2.80. The van der Waals surface area contributed by atoms with E-state index in [-0.39, 0.29) is 16.9 Å². The summed E-state index contributed by atoms with van der Waals surface area (Å²) in [4.78, 5) is 11.8. The average Bonchev–Trinajstić information content (AvgIpc) is 2.32. The molecule has 0 unspecified atom stereocenters. The number of carbonyl (C=O) groups is 1. The Morgan fingerprint density at radius 2 is 2.00 bits per heavy atom. The van der Waals surface area contributed by atoms with Crippen molar-refractivity contribution in [2.24, 2.45) is 0 Å². The first-order chi connectivity index (χ1) is 8.45. The number of hydrogen-bond acceptors (Lipinski definition) is 3. The zero-order chi connectivity index (χ0) is 13.7. The molecule has 0 bridgehead atoms. The minimum Gasteiger partial charge on any atom is -0.506 e. The van der Waals surface area contributed by atoms with Gasteiger partial charge < -0.3 is 10.4 Å². The summed E-state index contributed by atoms with van der Waals surface area (Å²) < 4.78 is 1.03. The van der Waals surface area contributed by atoms with Crippen molar-refractivity contribution < 1.29 is 9.90 Å². The average molecular weight is 354 g/mol. The monoisotopic (exact) mass is 354 g/mol. The maximum atomic E-state index is 11.8. The Morgan fingerprint density at radius 1 is 1.44 bits per heavy atom. The van der Waals surface area contributed by atoms with E-state index in [1.54, 1.807) is 18.2 Å². The molecule has 0 aliphatic rings. The summed E-state index contributed by atoms with van der Waals surface area (Å²) in [6.07, 6.45) is 0. The lowest BCUT2D eigenvalue weighted by Crippen LogP contribution is -2.15. The smallest absolute Gasteiger partial charge is 0.270 e.